The number of nitrogens with one attached hydrogen (secondary N) is 1. The van der Waals surface area contributed by atoms with Crippen molar-refractivity contribution in [2.24, 2.45) is 7.05 Å². The lowest BCUT2D eigenvalue weighted by molar-refractivity contribution is 0.0219. The van der Waals surface area contributed by atoms with Crippen LogP contribution in [0, 0.1) is 0 Å². The molecule has 0 saturated carbocycles. The smallest absolute Gasteiger partial charge is 0.326 e. The van der Waals surface area contributed by atoms with Crippen LogP contribution in [0.1, 0.15) is 37.5 Å². The predicted molar refractivity (Wildman–Crippen MR) is 153 cm³/mol. The van der Waals surface area contributed by atoms with Gasteiger partial charge in [-0.25, -0.2) is 4.79 Å². The average Bonchev–Trinajstić information content (AvgIpc) is 3.09. The lowest BCUT2D eigenvalue weighted by Gasteiger charge is -2.17. The second kappa shape index (κ2) is 12.3. The van der Waals surface area contributed by atoms with Gasteiger partial charge < -0.3 is 19.2 Å². The van der Waals surface area contributed by atoms with Gasteiger partial charge in [0.15, 0.2) is 6.79 Å². The van der Waals surface area contributed by atoms with Crippen LogP contribution < -0.4 is 15.2 Å². The van der Waals surface area contributed by atoms with Crippen LogP contribution >= 0.6 is 0 Å². The van der Waals surface area contributed by atoms with E-state index in [1.165, 1.54) is 5.57 Å². The van der Waals surface area contributed by atoms with Gasteiger partial charge >= 0.3 is 5.69 Å². The first-order valence-corrected chi connectivity index (χ1v) is 16.3. The molecule has 0 aliphatic carbocycles. The number of hydrogen-bond donors (Lipinski definition) is 1. The number of aromatic amines is 1. The summed E-state index contributed by atoms with van der Waals surface area (Å²) in [6.45, 7) is 14.7. The summed E-state index contributed by atoms with van der Waals surface area (Å²) in [7, 11) is 0.631. The number of ether oxygens (including phenoxy) is 3. The number of rotatable bonds is 12. The molecule has 3 rings (SSSR count). The minimum atomic E-state index is -1.14. The van der Waals surface area contributed by atoms with E-state index >= 15 is 0 Å². The molecule has 1 heterocycles. The second-order valence-corrected chi connectivity index (χ2v) is 16.1. The minimum absolute atomic E-state index is 0.117. The first kappa shape index (κ1) is 27.6. The number of fused-ring (bicyclic) bond motifs is 1. The first-order valence-electron chi connectivity index (χ1n) is 12.6. The zero-order valence-electron chi connectivity index (χ0n) is 22.7. The van der Waals surface area contributed by atoms with Crippen molar-refractivity contribution in [3.63, 3.8) is 0 Å². The van der Waals surface area contributed by atoms with Crippen LogP contribution in [-0.2, 0) is 18.2 Å². The van der Waals surface area contributed by atoms with Crippen molar-refractivity contribution in [1.82, 2.24) is 9.55 Å². The van der Waals surface area contributed by atoms with Crippen molar-refractivity contribution in [3.05, 3.63) is 69.2 Å². The molecule has 6 nitrogen and oxygen atoms in total. The van der Waals surface area contributed by atoms with Gasteiger partial charge in [0.1, 0.15) is 11.5 Å². The van der Waals surface area contributed by atoms with Gasteiger partial charge in [-0.15, -0.1) is 0 Å². The summed E-state index contributed by atoms with van der Waals surface area (Å²) in [4.78, 5) is 14.8. The van der Waals surface area contributed by atoms with Gasteiger partial charge in [-0.3, -0.25) is 4.57 Å². The molecule has 0 saturated heterocycles. The third kappa shape index (κ3) is 7.73. The average molecular weight is 509 g/mol. The summed E-state index contributed by atoms with van der Waals surface area (Å²) in [5.41, 5.74) is 5.97. The monoisotopic (exact) mass is 508 g/mol. The van der Waals surface area contributed by atoms with Gasteiger partial charge in [-0.1, -0.05) is 49.5 Å². The quantitative estimate of drug-likeness (QED) is 0.0980. The Morgan fingerprint density at radius 3 is 2.56 bits per heavy atom. The maximum atomic E-state index is 12.0. The van der Waals surface area contributed by atoms with E-state index in [-0.39, 0.29) is 12.5 Å². The number of benzene rings is 2. The fourth-order valence-electron chi connectivity index (χ4n) is 3.76. The van der Waals surface area contributed by atoms with Crippen LogP contribution in [0.15, 0.2) is 46.8 Å². The van der Waals surface area contributed by atoms with Crippen LogP contribution in [-0.4, -0.2) is 37.6 Å². The number of aryl methyl sites for hydroxylation is 1. The van der Waals surface area contributed by atoms with Gasteiger partial charge in [0.2, 0.25) is 0 Å². The van der Waals surface area contributed by atoms with E-state index in [0.717, 1.165) is 51.7 Å². The summed E-state index contributed by atoms with van der Waals surface area (Å²) >= 11 is 0. The normalized spacial score (nSPS) is 11.9. The Morgan fingerprint density at radius 1 is 1.08 bits per heavy atom. The van der Waals surface area contributed by atoms with Crippen molar-refractivity contribution in [1.29, 1.82) is 0 Å². The van der Waals surface area contributed by atoms with Crippen molar-refractivity contribution >= 4 is 31.3 Å². The molecule has 0 bridgehead atoms. The fourth-order valence-corrected chi connectivity index (χ4v) is 4.52. The maximum Gasteiger partial charge on any atom is 0.326 e. The zero-order chi connectivity index (χ0) is 26.3. The summed E-state index contributed by atoms with van der Waals surface area (Å²) < 4.78 is 19.4. The number of allylic oxidation sites excluding steroid dienone is 2. The van der Waals surface area contributed by atoms with E-state index in [0.29, 0.717) is 13.2 Å². The Hall–Kier alpha value is -3.03. The topological polar surface area (TPSA) is 65.5 Å². The number of aromatic nitrogens is 2. The summed E-state index contributed by atoms with van der Waals surface area (Å²) in [6, 6.07) is 11.0. The molecule has 1 aromatic heterocycles. The fraction of sp³-hybridized carbons (Fsp3) is 0.414. The molecule has 3 aromatic rings. The van der Waals surface area contributed by atoms with Crippen molar-refractivity contribution in [3.8, 4) is 11.5 Å². The summed E-state index contributed by atoms with van der Waals surface area (Å²) in [5.74, 6) is 1.54. The molecular weight excluding hydrogens is 468 g/mol. The summed E-state index contributed by atoms with van der Waals surface area (Å²) in [6.07, 6.45) is 7.11. The van der Waals surface area contributed by atoms with Gasteiger partial charge in [0.25, 0.3) is 0 Å². The van der Waals surface area contributed by atoms with Gasteiger partial charge in [0, 0.05) is 33.4 Å². The third-order valence-corrected chi connectivity index (χ3v) is 7.63. The largest absolute Gasteiger partial charge is 0.493 e. The molecule has 1 N–H and O–H groups in total. The zero-order valence-corrected chi connectivity index (χ0v) is 23.7. The van der Waals surface area contributed by atoms with Crippen molar-refractivity contribution < 1.29 is 14.2 Å². The Morgan fingerprint density at radius 2 is 1.86 bits per heavy atom. The van der Waals surface area contributed by atoms with Crippen LogP contribution in [0.2, 0.25) is 25.7 Å². The number of nitrogens with zero attached hydrogens (tertiary/aromatic N) is 1. The Kier molecular flexibility index (Phi) is 9.40. The predicted octanol–water partition coefficient (Wildman–Crippen LogP) is 6.64. The minimum Gasteiger partial charge on any atom is -0.493 e. The van der Waals surface area contributed by atoms with Crippen LogP contribution in [0.25, 0.3) is 23.2 Å². The van der Waals surface area contributed by atoms with Gasteiger partial charge in [-0.05, 0) is 62.6 Å². The molecule has 0 aliphatic heterocycles. The molecule has 0 aliphatic rings. The highest BCUT2D eigenvalue weighted by Crippen LogP contribution is 2.32. The van der Waals surface area contributed by atoms with Crippen LogP contribution in [0.4, 0.5) is 0 Å². The first-order chi connectivity index (χ1) is 17.1. The highest BCUT2D eigenvalue weighted by molar-refractivity contribution is 6.76. The van der Waals surface area contributed by atoms with Crippen molar-refractivity contribution in [2.75, 3.05) is 20.0 Å². The highest BCUT2D eigenvalue weighted by Gasteiger charge is 2.13. The lowest BCUT2D eigenvalue weighted by Crippen LogP contribution is -2.22. The van der Waals surface area contributed by atoms with E-state index in [2.05, 4.69) is 56.7 Å². The highest BCUT2D eigenvalue weighted by atomic mass is 28.3. The number of imidazole rings is 1. The lowest BCUT2D eigenvalue weighted by atomic mass is 10.00. The molecule has 7 heteroatoms. The van der Waals surface area contributed by atoms with E-state index in [1.54, 1.807) is 11.6 Å². The Bertz CT molecular complexity index is 1290. The maximum absolute atomic E-state index is 12.0. The molecule has 0 atom stereocenters. The van der Waals surface area contributed by atoms with Crippen molar-refractivity contribution in [2.45, 2.75) is 52.9 Å². The molecule has 2 aromatic carbocycles. The number of H-pyrrole nitrogens is 1. The third-order valence-electron chi connectivity index (χ3n) is 5.92. The number of hydrogen-bond acceptors (Lipinski definition) is 4. The van der Waals surface area contributed by atoms with Crippen LogP contribution in [0.5, 0.6) is 11.5 Å². The molecule has 36 heavy (non-hydrogen) atoms. The molecule has 194 valence electrons. The molecule has 0 fully saturated rings. The second-order valence-electron chi connectivity index (χ2n) is 10.5. The van der Waals surface area contributed by atoms with Gasteiger partial charge in [-0.2, -0.15) is 0 Å². The molecule has 0 unspecified atom stereocenters. The standard InChI is InChI=1S/C29H40N2O4Si/c1-8-34-28-19-24(35-20-33-15-16-36(5,6)7)18-23(25(28)13-9-21(2)3)12-10-22-11-14-26-27(17-22)31(4)29(32)30-26/h9-12,14,17-19H,8,13,15-16,20H2,1-7H3,(H,30,32)/b12-10+. The van der Waals surface area contributed by atoms with E-state index < -0.39 is 8.07 Å². The molecule has 0 spiro atoms. The van der Waals surface area contributed by atoms with E-state index in [4.69, 9.17) is 14.2 Å². The Balaban J connectivity index is 1.91. The molecule has 0 amide bonds. The van der Waals surface area contributed by atoms with E-state index in [1.807, 2.05) is 37.3 Å². The van der Waals surface area contributed by atoms with E-state index in [9.17, 15) is 4.79 Å². The SMILES string of the molecule is CCOc1cc(OCOCC[Si](C)(C)C)cc(/C=C/c2ccc3[nH]c(=O)n(C)c3c2)c1CC=C(C)C. The Labute approximate surface area is 215 Å². The summed E-state index contributed by atoms with van der Waals surface area (Å²) in [5, 5.41) is 0. The molecule has 0 radical (unpaired) electrons. The molecular formula is C29H40N2O4Si. The van der Waals surface area contributed by atoms with Gasteiger partial charge in [0.05, 0.1) is 17.6 Å². The van der Waals surface area contributed by atoms with Crippen LogP contribution in [0.3, 0.4) is 0 Å².